The van der Waals surface area contributed by atoms with Gasteiger partial charge in [-0.2, -0.15) is 0 Å². The van der Waals surface area contributed by atoms with Crippen molar-refractivity contribution in [3.8, 4) is 22.8 Å². The molecular weight excluding hydrogens is 374 g/mol. The fourth-order valence-corrected chi connectivity index (χ4v) is 3.51. The maximum Gasteiger partial charge on any atom is 0.307 e. The fourth-order valence-electron chi connectivity index (χ4n) is 3.35. The summed E-state index contributed by atoms with van der Waals surface area (Å²) in [5.74, 6) is 0.537. The van der Waals surface area contributed by atoms with E-state index in [0.717, 1.165) is 39.0 Å². The molecule has 4 aromatic rings. The van der Waals surface area contributed by atoms with Crippen LogP contribution >= 0.6 is 11.6 Å². The minimum atomic E-state index is -0.883. The summed E-state index contributed by atoms with van der Waals surface area (Å²) in [7, 11) is 0. The molecule has 1 heterocycles. The second-order valence-corrected chi connectivity index (χ2v) is 6.99. The zero-order chi connectivity index (χ0) is 19.7. The molecule has 0 spiro atoms. The van der Waals surface area contributed by atoms with E-state index in [1.54, 1.807) is 6.07 Å². The zero-order valence-electron chi connectivity index (χ0n) is 15.2. The number of carboxylic acids is 1. The predicted octanol–water partition coefficient (Wildman–Crippen LogP) is 6.22. The quantitative estimate of drug-likeness (QED) is 0.424. The van der Waals surface area contributed by atoms with Crippen LogP contribution in [0.25, 0.3) is 22.2 Å². The van der Waals surface area contributed by atoms with Gasteiger partial charge in [0.05, 0.1) is 17.6 Å². The van der Waals surface area contributed by atoms with Crippen LogP contribution in [0.5, 0.6) is 11.5 Å². The van der Waals surface area contributed by atoms with Crippen molar-refractivity contribution in [3.05, 3.63) is 82.9 Å². The Morgan fingerprint density at radius 1 is 1.04 bits per heavy atom. The van der Waals surface area contributed by atoms with Gasteiger partial charge in [0.2, 0.25) is 0 Å². The first kappa shape index (κ1) is 18.1. The van der Waals surface area contributed by atoms with Gasteiger partial charge in [-0.15, -0.1) is 0 Å². The number of benzene rings is 3. The van der Waals surface area contributed by atoms with Crippen molar-refractivity contribution in [1.29, 1.82) is 0 Å². The number of aromatic amines is 1. The van der Waals surface area contributed by atoms with Gasteiger partial charge in [-0.3, -0.25) is 4.79 Å². The number of carboxylic acid groups (broad SMARTS) is 1. The Bertz CT molecular complexity index is 1170. The number of fused-ring (bicyclic) bond motifs is 1. The monoisotopic (exact) mass is 391 g/mol. The number of carbonyl (C=O) groups is 1. The van der Waals surface area contributed by atoms with Crippen molar-refractivity contribution in [3.63, 3.8) is 0 Å². The molecular formula is C23H18ClNO3. The molecule has 3 aromatic carbocycles. The van der Waals surface area contributed by atoms with E-state index in [4.69, 9.17) is 16.3 Å². The lowest BCUT2D eigenvalue weighted by molar-refractivity contribution is -0.136. The number of ether oxygens (including phenoxy) is 1. The second-order valence-electron chi connectivity index (χ2n) is 6.59. The van der Waals surface area contributed by atoms with Crippen LogP contribution < -0.4 is 4.74 Å². The summed E-state index contributed by atoms with van der Waals surface area (Å²) in [6.07, 6.45) is -0.0832. The van der Waals surface area contributed by atoms with Crippen molar-refractivity contribution < 1.29 is 14.6 Å². The number of halogens is 1. The Morgan fingerprint density at radius 3 is 2.54 bits per heavy atom. The molecule has 140 valence electrons. The average Bonchev–Trinajstić information content (AvgIpc) is 3.04. The molecule has 0 saturated carbocycles. The minimum absolute atomic E-state index is 0.0832. The van der Waals surface area contributed by atoms with Gasteiger partial charge in [-0.1, -0.05) is 48.0 Å². The first-order valence-electron chi connectivity index (χ1n) is 8.87. The van der Waals surface area contributed by atoms with Crippen LogP contribution in [0.2, 0.25) is 5.02 Å². The van der Waals surface area contributed by atoms with Gasteiger partial charge in [0.1, 0.15) is 11.5 Å². The van der Waals surface area contributed by atoms with Crippen molar-refractivity contribution in [2.75, 3.05) is 0 Å². The molecule has 0 radical (unpaired) electrons. The SMILES string of the molecule is Cc1c(Cl)ccc2c(CC(=O)O)c(-c3cccc(Oc4ccccc4)c3)[nH]c12. The van der Waals surface area contributed by atoms with Crippen LogP contribution in [0.15, 0.2) is 66.7 Å². The van der Waals surface area contributed by atoms with Gasteiger partial charge in [0.15, 0.2) is 0 Å². The van der Waals surface area contributed by atoms with E-state index in [-0.39, 0.29) is 6.42 Å². The summed E-state index contributed by atoms with van der Waals surface area (Å²) in [6, 6.07) is 20.8. The highest BCUT2D eigenvalue weighted by molar-refractivity contribution is 6.32. The normalized spacial score (nSPS) is 10.9. The third kappa shape index (κ3) is 3.47. The highest BCUT2D eigenvalue weighted by Crippen LogP contribution is 2.36. The minimum Gasteiger partial charge on any atom is -0.481 e. The molecule has 0 saturated heterocycles. The van der Waals surface area contributed by atoms with Gasteiger partial charge < -0.3 is 14.8 Å². The lowest BCUT2D eigenvalue weighted by Gasteiger charge is -2.08. The van der Waals surface area contributed by atoms with Gasteiger partial charge in [0, 0.05) is 16.0 Å². The van der Waals surface area contributed by atoms with Crippen LogP contribution in [-0.4, -0.2) is 16.1 Å². The Morgan fingerprint density at radius 2 is 1.79 bits per heavy atom. The summed E-state index contributed by atoms with van der Waals surface area (Å²) in [4.78, 5) is 14.9. The molecule has 4 rings (SSSR count). The molecule has 0 atom stereocenters. The van der Waals surface area contributed by atoms with Crippen molar-refractivity contribution >= 4 is 28.5 Å². The molecule has 0 aliphatic rings. The number of H-pyrrole nitrogens is 1. The largest absolute Gasteiger partial charge is 0.481 e. The number of hydrogen-bond donors (Lipinski definition) is 2. The van der Waals surface area contributed by atoms with Gasteiger partial charge in [-0.25, -0.2) is 0 Å². The molecule has 0 aliphatic heterocycles. The third-order valence-corrected chi connectivity index (χ3v) is 5.11. The van der Waals surface area contributed by atoms with Crippen LogP contribution in [0.1, 0.15) is 11.1 Å². The zero-order valence-corrected chi connectivity index (χ0v) is 16.0. The molecule has 28 heavy (non-hydrogen) atoms. The number of hydrogen-bond acceptors (Lipinski definition) is 2. The van der Waals surface area contributed by atoms with Crippen LogP contribution in [-0.2, 0) is 11.2 Å². The van der Waals surface area contributed by atoms with E-state index >= 15 is 0 Å². The topological polar surface area (TPSA) is 62.3 Å². The molecule has 2 N–H and O–H groups in total. The second kappa shape index (κ2) is 7.41. The Kier molecular flexibility index (Phi) is 4.80. The molecule has 0 fully saturated rings. The molecule has 0 aliphatic carbocycles. The van der Waals surface area contributed by atoms with Crippen molar-refractivity contribution in [1.82, 2.24) is 4.98 Å². The third-order valence-electron chi connectivity index (χ3n) is 4.71. The Balaban J connectivity index is 1.83. The van der Waals surface area contributed by atoms with Gasteiger partial charge in [-0.05, 0) is 48.4 Å². The van der Waals surface area contributed by atoms with Crippen molar-refractivity contribution in [2.45, 2.75) is 13.3 Å². The maximum absolute atomic E-state index is 11.5. The fraction of sp³-hybridized carbons (Fsp3) is 0.0870. The number of rotatable bonds is 5. The standard InChI is InChI=1S/C23H18ClNO3/c1-14-20(24)11-10-18-19(13-21(26)27)23(25-22(14)18)15-6-5-9-17(12-15)28-16-7-3-2-4-8-16/h2-12,25H,13H2,1H3,(H,26,27). The molecule has 0 unspecified atom stereocenters. The van der Waals surface area contributed by atoms with Gasteiger partial charge >= 0.3 is 5.97 Å². The summed E-state index contributed by atoms with van der Waals surface area (Å²) < 4.78 is 5.93. The van der Waals surface area contributed by atoms with Crippen LogP contribution in [0, 0.1) is 6.92 Å². The van der Waals surface area contributed by atoms with E-state index in [1.807, 2.05) is 67.6 Å². The lowest BCUT2D eigenvalue weighted by Crippen LogP contribution is -2.01. The molecule has 4 nitrogen and oxygen atoms in total. The number of aromatic nitrogens is 1. The van der Waals surface area contributed by atoms with E-state index < -0.39 is 5.97 Å². The highest BCUT2D eigenvalue weighted by Gasteiger charge is 2.18. The van der Waals surface area contributed by atoms with E-state index in [2.05, 4.69) is 4.98 Å². The maximum atomic E-state index is 11.5. The lowest BCUT2D eigenvalue weighted by atomic mass is 10.0. The summed E-state index contributed by atoms with van der Waals surface area (Å²) >= 11 is 6.26. The van der Waals surface area contributed by atoms with E-state index in [0.29, 0.717) is 10.8 Å². The Hall–Kier alpha value is -3.24. The molecule has 5 heteroatoms. The smallest absolute Gasteiger partial charge is 0.307 e. The number of nitrogens with one attached hydrogen (secondary N) is 1. The molecule has 0 bridgehead atoms. The summed E-state index contributed by atoms with van der Waals surface area (Å²) in [6.45, 7) is 1.92. The highest BCUT2D eigenvalue weighted by atomic mass is 35.5. The number of para-hydroxylation sites is 1. The van der Waals surface area contributed by atoms with Gasteiger partial charge in [0.25, 0.3) is 0 Å². The first-order valence-corrected chi connectivity index (χ1v) is 9.25. The average molecular weight is 392 g/mol. The Labute approximate surface area is 167 Å². The predicted molar refractivity (Wildman–Crippen MR) is 111 cm³/mol. The summed E-state index contributed by atoms with van der Waals surface area (Å²) in [5.41, 5.74) is 4.11. The number of aliphatic carboxylic acids is 1. The van der Waals surface area contributed by atoms with E-state index in [9.17, 15) is 9.90 Å². The van der Waals surface area contributed by atoms with Crippen LogP contribution in [0.4, 0.5) is 0 Å². The molecule has 0 amide bonds. The molecule has 1 aromatic heterocycles. The van der Waals surface area contributed by atoms with E-state index in [1.165, 1.54) is 0 Å². The first-order chi connectivity index (χ1) is 13.5. The number of aryl methyl sites for hydroxylation is 1. The van der Waals surface area contributed by atoms with Crippen molar-refractivity contribution in [2.24, 2.45) is 0 Å². The summed E-state index contributed by atoms with van der Waals surface area (Å²) in [5, 5.41) is 10.9. The van der Waals surface area contributed by atoms with Crippen LogP contribution in [0.3, 0.4) is 0 Å².